The van der Waals surface area contributed by atoms with E-state index in [1.165, 1.54) is 12.3 Å². The smallest absolute Gasteiger partial charge is 0.191 e. The summed E-state index contributed by atoms with van der Waals surface area (Å²) in [6.07, 6.45) is 7.79. The van der Waals surface area contributed by atoms with Crippen LogP contribution in [0, 0.1) is 5.82 Å². The van der Waals surface area contributed by atoms with Gasteiger partial charge in [0, 0.05) is 45.3 Å². The van der Waals surface area contributed by atoms with Crippen LogP contribution in [-0.4, -0.2) is 34.3 Å². The predicted octanol–water partition coefficient (Wildman–Crippen LogP) is 2.96. The largest absolute Gasteiger partial charge is 0.453 e. The SMILES string of the molecule is CN=C(NCCCn1cccn1)NCc1ccc(Oc2cccnc2)c(F)c1. The number of guanidine groups is 1. The van der Waals surface area contributed by atoms with Gasteiger partial charge in [0.15, 0.2) is 17.5 Å². The molecule has 3 rings (SSSR count). The van der Waals surface area contributed by atoms with Crippen LogP contribution in [0.4, 0.5) is 4.39 Å². The van der Waals surface area contributed by atoms with Crippen molar-refractivity contribution in [3.63, 3.8) is 0 Å². The van der Waals surface area contributed by atoms with Gasteiger partial charge in [-0.1, -0.05) is 6.07 Å². The number of pyridine rings is 1. The topological polar surface area (TPSA) is 76.4 Å². The molecule has 2 heterocycles. The average molecular weight is 382 g/mol. The first kappa shape index (κ1) is 19.3. The molecule has 146 valence electrons. The van der Waals surface area contributed by atoms with Gasteiger partial charge in [0.1, 0.15) is 5.75 Å². The number of nitrogens with one attached hydrogen (secondary N) is 2. The van der Waals surface area contributed by atoms with E-state index in [4.69, 9.17) is 4.74 Å². The lowest BCUT2D eigenvalue weighted by atomic mass is 10.2. The number of halogens is 1. The summed E-state index contributed by atoms with van der Waals surface area (Å²) in [6.45, 7) is 2.04. The van der Waals surface area contributed by atoms with Gasteiger partial charge in [0.25, 0.3) is 0 Å². The fourth-order valence-electron chi connectivity index (χ4n) is 2.56. The molecule has 0 bridgehead atoms. The van der Waals surface area contributed by atoms with Crippen LogP contribution in [0.5, 0.6) is 11.5 Å². The molecule has 28 heavy (non-hydrogen) atoms. The molecule has 0 spiro atoms. The Morgan fingerprint density at radius 2 is 2.14 bits per heavy atom. The van der Waals surface area contributed by atoms with E-state index >= 15 is 0 Å². The van der Waals surface area contributed by atoms with Gasteiger partial charge in [0.05, 0.1) is 6.20 Å². The summed E-state index contributed by atoms with van der Waals surface area (Å²) in [5.41, 5.74) is 0.788. The zero-order chi connectivity index (χ0) is 19.6. The Morgan fingerprint density at radius 1 is 1.21 bits per heavy atom. The number of nitrogens with zero attached hydrogens (tertiary/aromatic N) is 4. The molecule has 0 saturated carbocycles. The number of rotatable bonds is 8. The Labute approximate surface area is 163 Å². The first-order valence-corrected chi connectivity index (χ1v) is 9.03. The van der Waals surface area contributed by atoms with Crippen molar-refractivity contribution in [3.05, 3.63) is 72.6 Å². The van der Waals surface area contributed by atoms with Crippen LogP contribution in [0.3, 0.4) is 0 Å². The molecule has 0 atom stereocenters. The lowest BCUT2D eigenvalue weighted by Gasteiger charge is -2.13. The molecule has 2 N–H and O–H groups in total. The Bertz CT molecular complexity index is 883. The van der Waals surface area contributed by atoms with Gasteiger partial charge in [0.2, 0.25) is 0 Å². The molecule has 3 aromatic rings. The number of hydrogen-bond acceptors (Lipinski definition) is 4. The van der Waals surface area contributed by atoms with Crippen molar-refractivity contribution in [2.24, 2.45) is 4.99 Å². The van der Waals surface area contributed by atoms with Gasteiger partial charge < -0.3 is 15.4 Å². The van der Waals surface area contributed by atoms with Crippen molar-refractivity contribution in [2.75, 3.05) is 13.6 Å². The predicted molar refractivity (Wildman–Crippen MR) is 106 cm³/mol. The third kappa shape index (κ3) is 5.80. The number of hydrogen-bond donors (Lipinski definition) is 2. The quantitative estimate of drug-likeness (QED) is 0.356. The van der Waals surface area contributed by atoms with E-state index in [2.05, 4.69) is 25.7 Å². The first-order valence-electron chi connectivity index (χ1n) is 9.03. The normalized spacial score (nSPS) is 11.3. The second-order valence-electron chi connectivity index (χ2n) is 6.03. The maximum absolute atomic E-state index is 14.3. The van der Waals surface area contributed by atoms with E-state index in [9.17, 15) is 4.39 Å². The summed E-state index contributed by atoms with van der Waals surface area (Å²) >= 11 is 0. The molecule has 0 aliphatic carbocycles. The Balaban J connectivity index is 1.45. The van der Waals surface area contributed by atoms with Crippen LogP contribution in [0.2, 0.25) is 0 Å². The van der Waals surface area contributed by atoms with Crippen molar-refractivity contribution in [2.45, 2.75) is 19.5 Å². The molecular formula is C20H23FN6O. The molecule has 0 aliphatic heterocycles. The van der Waals surface area contributed by atoms with Crippen molar-refractivity contribution >= 4 is 5.96 Å². The number of aryl methyl sites for hydroxylation is 1. The molecule has 2 aromatic heterocycles. The standard InChI is InChI=1S/C20H23FN6O/c1-22-20(24-9-3-11-27-12-4-10-26-27)25-14-16-6-7-19(18(21)13-16)28-17-5-2-8-23-15-17/h2,4-8,10,12-13,15H,3,9,11,14H2,1H3,(H2,22,24,25). The molecule has 8 heteroatoms. The molecule has 0 fully saturated rings. The summed E-state index contributed by atoms with van der Waals surface area (Å²) in [4.78, 5) is 8.13. The minimum atomic E-state index is -0.426. The van der Waals surface area contributed by atoms with Crippen molar-refractivity contribution < 1.29 is 9.13 Å². The van der Waals surface area contributed by atoms with Gasteiger partial charge in [-0.15, -0.1) is 0 Å². The minimum absolute atomic E-state index is 0.165. The zero-order valence-electron chi connectivity index (χ0n) is 15.7. The first-order chi connectivity index (χ1) is 13.7. The van der Waals surface area contributed by atoms with Crippen molar-refractivity contribution in [1.82, 2.24) is 25.4 Å². The van der Waals surface area contributed by atoms with E-state index in [0.717, 1.165) is 25.1 Å². The minimum Gasteiger partial charge on any atom is -0.453 e. The molecule has 0 aliphatic rings. The van der Waals surface area contributed by atoms with E-state index < -0.39 is 5.82 Å². The molecule has 0 unspecified atom stereocenters. The summed E-state index contributed by atoms with van der Waals surface area (Å²) in [7, 11) is 1.70. The Kier molecular flexibility index (Phi) is 6.95. The maximum Gasteiger partial charge on any atom is 0.191 e. The van der Waals surface area contributed by atoms with E-state index in [-0.39, 0.29) is 5.75 Å². The van der Waals surface area contributed by atoms with E-state index in [1.54, 1.807) is 37.6 Å². The molecule has 0 saturated heterocycles. The van der Waals surface area contributed by atoms with Crippen molar-refractivity contribution in [3.8, 4) is 11.5 Å². The second-order valence-corrected chi connectivity index (χ2v) is 6.03. The number of benzene rings is 1. The van der Waals surface area contributed by atoms with Gasteiger partial charge in [-0.05, 0) is 42.3 Å². The maximum atomic E-state index is 14.3. The molecule has 0 amide bonds. The number of ether oxygens (including phenoxy) is 1. The van der Waals surface area contributed by atoms with Crippen molar-refractivity contribution in [1.29, 1.82) is 0 Å². The van der Waals surface area contributed by atoms with Crippen LogP contribution >= 0.6 is 0 Å². The summed E-state index contributed by atoms with van der Waals surface area (Å²) in [5, 5.41) is 10.6. The molecule has 7 nitrogen and oxygen atoms in total. The van der Waals surface area contributed by atoms with Gasteiger partial charge in [-0.25, -0.2) is 4.39 Å². The van der Waals surface area contributed by atoms with Gasteiger partial charge in [-0.3, -0.25) is 14.7 Å². The summed E-state index contributed by atoms with van der Waals surface area (Å²) < 4.78 is 21.7. The lowest BCUT2D eigenvalue weighted by Crippen LogP contribution is -2.37. The monoisotopic (exact) mass is 382 g/mol. The number of aromatic nitrogens is 3. The van der Waals surface area contributed by atoms with Crippen LogP contribution in [0.25, 0.3) is 0 Å². The average Bonchev–Trinajstić information content (AvgIpc) is 3.24. The van der Waals surface area contributed by atoms with Crippen LogP contribution in [-0.2, 0) is 13.1 Å². The highest BCUT2D eigenvalue weighted by atomic mass is 19.1. The van der Waals surface area contributed by atoms with E-state index in [0.29, 0.717) is 18.3 Å². The third-order valence-electron chi connectivity index (χ3n) is 3.96. The number of aliphatic imine (C=N–C) groups is 1. The van der Waals surface area contributed by atoms with Gasteiger partial charge in [-0.2, -0.15) is 5.10 Å². The van der Waals surface area contributed by atoms with Crippen LogP contribution < -0.4 is 15.4 Å². The highest BCUT2D eigenvalue weighted by Crippen LogP contribution is 2.24. The highest BCUT2D eigenvalue weighted by Gasteiger charge is 2.07. The second kappa shape index (κ2) is 10.1. The van der Waals surface area contributed by atoms with E-state index in [1.807, 2.05) is 23.0 Å². The molecule has 1 aromatic carbocycles. The van der Waals surface area contributed by atoms with Gasteiger partial charge >= 0.3 is 0 Å². The third-order valence-corrected chi connectivity index (χ3v) is 3.96. The van der Waals surface area contributed by atoms with Crippen LogP contribution in [0.1, 0.15) is 12.0 Å². The fraction of sp³-hybridized carbons (Fsp3) is 0.250. The summed E-state index contributed by atoms with van der Waals surface area (Å²) in [5.74, 6) is 0.895. The highest BCUT2D eigenvalue weighted by molar-refractivity contribution is 5.79. The Morgan fingerprint density at radius 3 is 2.86 bits per heavy atom. The van der Waals surface area contributed by atoms with Crippen LogP contribution in [0.15, 0.2) is 66.2 Å². The zero-order valence-corrected chi connectivity index (χ0v) is 15.7. The molecule has 0 radical (unpaired) electrons. The Hall–Kier alpha value is -3.42. The lowest BCUT2D eigenvalue weighted by molar-refractivity contribution is 0.440. The molecular weight excluding hydrogens is 359 g/mol. The summed E-state index contributed by atoms with van der Waals surface area (Å²) in [6, 6.07) is 10.2. The fourth-order valence-corrected chi connectivity index (χ4v) is 2.56.